The second-order valence-electron chi connectivity index (χ2n) is 5.86. The van der Waals surface area contributed by atoms with Crippen molar-refractivity contribution in [3.05, 3.63) is 58.7 Å². The molecule has 0 unspecified atom stereocenters. The Hall–Kier alpha value is -1.63. The van der Waals surface area contributed by atoms with E-state index in [1.54, 1.807) is 0 Å². The second-order valence-corrected chi connectivity index (χ2v) is 5.86. The van der Waals surface area contributed by atoms with Crippen molar-refractivity contribution in [2.45, 2.75) is 44.4 Å². The summed E-state index contributed by atoms with van der Waals surface area (Å²) in [5.41, 5.74) is 5.32. The van der Waals surface area contributed by atoms with E-state index in [1.807, 2.05) is 0 Å². The molecular formula is C18H20O. The first-order valence-corrected chi connectivity index (χ1v) is 7.18. The first-order chi connectivity index (χ1) is 9.26. The van der Waals surface area contributed by atoms with Crippen molar-refractivity contribution in [1.29, 1.82) is 0 Å². The van der Waals surface area contributed by atoms with Crippen LogP contribution in [0.3, 0.4) is 0 Å². The zero-order valence-corrected chi connectivity index (χ0v) is 11.5. The van der Waals surface area contributed by atoms with Crippen molar-refractivity contribution in [2.75, 3.05) is 0 Å². The molecule has 0 spiro atoms. The van der Waals surface area contributed by atoms with E-state index in [-0.39, 0.29) is 5.41 Å². The van der Waals surface area contributed by atoms with Crippen molar-refractivity contribution in [3.63, 3.8) is 0 Å². The molecule has 0 aromatic heterocycles. The number of aldehydes is 1. The highest BCUT2D eigenvalue weighted by molar-refractivity contribution is 5.78. The van der Waals surface area contributed by atoms with Crippen LogP contribution in [0.4, 0.5) is 0 Å². The van der Waals surface area contributed by atoms with Crippen LogP contribution < -0.4 is 0 Å². The Morgan fingerprint density at radius 3 is 2.37 bits per heavy atom. The monoisotopic (exact) mass is 252 g/mol. The van der Waals surface area contributed by atoms with Crippen LogP contribution in [0.1, 0.15) is 44.6 Å². The summed E-state index contributed by atoms with van der Waals surface area (Å²) in [6, 6.07) is 10.8. The standard InChI is InChI=1S/C18H20O/c1-14-11-15(13-19)12-17(14)18(9-5-6-10-18)16-7-3-2-4-8-16/h2-4,7-8,12-13H,5-6,9-11H2,1H3. The topological polar surface area (TPSA) is 17.1 Å². The molecule has 0 atom stereocenters. The van der Waals surface area contributed by atoms with Crippen molar-refractivity contribution in [2.24, 2.45) is 0 Å². The van der Waals surface area contributed by atoms with Crippen molar-refractivity contribution in [1.82, 2.24) is 0 Å². The zero-order chi connectivity index (χ0) is 13.3. The molecule has 2 aliphatic carbocycles. The SMILES string of the molecule is CC1=C(C2(c3ccccc3)CCCC2)C=C(C=O)C1. The molecule has 1 heteroatoms. The Balaban J connectivity index is 2.10. The third-order valence-corrected chi connectivity index (χ3v) is 4.71. The third-order valence-electron chi connectivity index (χ3n) is 4.71. The minimum absolute atomic E-state index is 0.163. The Morgan fingerprint density at radius 1 is 1.11 bits per heavy atom. The largest absolute Gasteiger partial charge is 0.298 e. The maximum Gasteiger partial charge on any atom is 0.146 e. The zero-order valence-electron chi connectivity index (χ0n) is 11.5. The van der Waals surface area contributed by atoms with Crippen molar-refractivity contribution < 1.29 is 4.79 Å². The molecule has 0 radical (unpaired) electrons. The maximum absolute atomic E-state index is 11.1. The highest BCUT2D eigenvalue weighted by atomic mass is 16.1. The second kappa shape index (κ2) is 4.80. The van der Waals surface area contributed by atoms with E-state index in [2.05, 4.69) is 43.3 Å². The summed E-state index contributed by atoms with van der Waals surface area (Å²) in [5.74, 6) is 0. The number of hydrogen-bond donors (Lipinski definition) is 0. The number of carbonyl (C=O) groups is 1. The molecule has 1 fully saturated rings. The molecule has 0 amide bonds. The number of rotatable bonds is 3. The van der Waals surface area contributed by atoms with E-state index in [9.17, 15) is 4.79 Å². The number of benzene rings is 1. The van der Waals surface area contributed by atoms with Gasteiger partial charge in [0.15, 0.2) is 0 Å². The lowest BCUT2D eigenvalue weighted by molar-refractivity contribution is -0.104. The maximum atomic E-state index is 11.1. The molecular weight excluding hydrogens is 232 g/mol. The van der Waals surface area contributed by atoms with Crippen LogP contribution in [0.5, 0.6) is 0 Å². The number of hydrogen-bond acceptors (Lipinski definition) is 1. The van der Waals surface area contributed by atoms with Crippen LogP contribution in [-0.2, 0) is 10.2 Å². The molecule has 3 rings (SSSR count). The summed E-state index contributed by atoms with van der Waals surface area (Å²) in [6.07, 6.45) is 9.02. The summed E-state index contributed by atoms with van der Waals surface area (Å²) in [5, 5.41) is 0. The van der Waals surface area contributed by atoms with Crippen LogP contribution in [0.15, 0.2) is 53.1 Å². The van der Waals surface area contributed by atoms with Gasteiger partial charge in [0, 0.05) is 5.41 Å². The van der Waals surface area contributed by atoms with Gasteiger partial charge in [-0.2, -0.15) is 0 Å². The van der Waals surface area contributed by atoms with Crippen LogP contribution in [0, 0.1) is 0 Å². The normalized spacial score (nSPS) is 21.6. The van der Waals surface area contributed by atoms with Crippen LogP contribution >= 0.6 is 0 Å². The molecule has 1 aromatic rings. The Labute approximate surface area is 115 Å². The van der Waals surface area contributed by atoms with Crippen molar-refractivity contribution in [3.8, 4) is 0 Å². The van der Waals surface area contributed by atoms with Gasteiger partial charge in [-0.15, -0.1) is 0 Å². The molecule has 19 heavy (non-hydrogen) atoms. The summed E-state index contributed by atoms with van der Waals surface area (Å²) < 4.78 is 0. The Morgan fingerprint density at radius 2 is 1.79 bits per heavy atom. The predicted octanol–water partition coefficient (Wildman–Crippen LogP) is 4.34. The molecule has 0 heterocycles. The minimum Gasteiger partial charge on any atom is -0.298 e. The minimum atomic E-state index is 0.163. The van der Waals surface area contributed by atoms with Gasteiger partial charge in [-0.3, -0.25) is 4.79 Å². The van der Waals surface area contributed by atoms with Gasteiger partial charge in [0.25, 0.3) is 0 Å². The third kappa shape index (κ3) is 1.98. The predicted molar refractivity (Wildman–Crippen MR) is 78.1 cm³/mol. The number of carbonyl (C=O) groups excluding carboxylic acids is 1. The lowest BCUT2D eigenvalue weighted by Crippen LogP contribution is -2.24. The molecule has 1 aromatic carbocycles. The summed E-state index contributed by atoms with van der Waals surface area (Å²) in [4.78, 5) is 11.1. The highest BCUT2D eigenvalue weighted by Crippen LogP contribution is 2.50. The summed E-state index contributed by atoms with van der Waals surface area (Å²) in [6.45, 7) is 2.19. The van der Waals surface area contributed by atoms with E-state index in [1.165, 1.54) is 42.4 Å². The Bertz CT molecular complexity index is 542. The summed E-state index contributed by atoms with van der Waals surface area (Å²) >= 11 is 0. The van der Waals surface area contributed by atoms with Gasteiger partial charge in [-0.25, -0.2) is 0 Å². The van der Waals surface area contributed by atoms with Gasteiger partial charge in [-0.05, 0) is 42.9 Å². The molecule has 0 saturated heterocycles. The first-order valence-electron chi connectivity index (χ1n) is 7.18. The molecule has 1 nitrogen and oxygen atoms in total. The van der Waals surface area contributed by atoms with Crippen LogP contribution in [0.2, 0.25) is 0 Å². The smallest absolute Gasteiger partial charge is 0.146 e. The van der Waals surface area contributed by atoms with Gasteiger partial charge < -0.3 is 0 Å². The first kappa shape index (κ1) is 12.4. The average molecular weight is 252 g/mol. The van der Waals surface area contributed by atoms with E-state index in [4.69, 9.17) is 0 Å². The fourth-order valence-corrected chi connectivity index (χ4v) is 3.83. The van der Waals surface area contributed by atoms with Gasteiger partial charge in [0.2, 0.25) is 0 Å². The lowest BCUT2D eigenvalue weighted by atomic mass is 9.72. The summed E-state index contributed by atoms with van der Waals surface area (Å²) in [7, 11) is 0. The molecule has 98 valence electrons. The fourth-order valence-electron chi connectivity index (χ4n) is 3.83. The molecule has 0 bridgehead atoms. The van der Waals surface area contributed by atoms with Gasteiger partial charge in [0.05, 0.1) is 0 Å². The van der Waals surface area contributed by atoms with Gasteiger partial charge in [0.1, 0.15) is 6.29 Å². The fraction of sp³-hybridized carbons (Fsp3) is 0.389. The van der Waals surface area contributed by atoms with Gasteiger partial charge >= 0.3 is 0 Å². The molecule has 2 aliphatic rings. The Kier molecular flexibility index (Phi) is 3.14. The lowest BCUT2D eigenvalue weighted by Gasteiger charge is -2.32. The van der Waals surface area contributed by atoms with Crippen LogP contribution in [-0.4, -0.2) is 6.29 Å². The van der Waals surface area contributed by atoms with Crippen molar-refractivity contribution >= 4 is 6.29 Å². The van der Waals surface area contributed by atoms with E-state index in [0.29, 0.717) is 0 Å². The van der Waals surface area contributed by atoms with Gasteiger partial charge in [-0.1, -0.05) is 54.8 Å². The molecule has 0 aliphatic heterocycles. The van der Waals surface area contributed by atoms with E-state index in [0.717, 1.165) is 18.3 Å². The highest BCUT2D eigenvalue weighted by Gasteiger charge is 2.40. The van der Waals surface area contributed by atoms with E-state index >= 15 is 0 Å². The molecule has 1 saturated carbocycles. The molecule has 0 N–H and O–H groups in total. The quantitative estimate of drug-likeness (QED) is 0.731. The van der Waals surface area contributed by atoms with Crippen LogP contribution in [0.25, 0.3) is 0 Å². The number of allylic oxidation sites excluding steroid dienone is 4. The average Bonchev–Trinajstić information content (AvgIpc) is 3.07. The van der Waals surface area contributed by atoms with E-state index < -0.39 is 0 Å².